The van der Waals surface area contributed by atoms with Crippen LogP contribution in [-0.4, -0.2) is 17.9 Å². The van der Waals surface area contributed by atoms with Crippen LogP contribution in [0.3, 0.4) is 0 Å². The molecule has 104 valence electrons. The van der Waals surface area contributed by atoms with Crippen molar-refractivity contribution in [2.24, 2.45) is 5.92 Å². The molecule has 1 aromatic carbocycles. The smallest absolute Gasteiger partial charge is 0.182 e. The van der Waals surface area contributed by atoms with Crippen molar-refractivity contribution in [1.29, 1.82) is 0 Å². The van der Waals surface area contributed by atoms with Gasteiger partial charge >= 0.3 is 0 Å². The average Bonchev–Trinajstić information content (AvgIpc) is 2.38. The van der Waals surface area contributed by atoms with Crippen molar-refractivity contribution >= 4 is 5.78 Å². The van der Waals surface area contributed by atoms with Gasteiger partial charge in [-0.05, 0) is 56.7 Å². The first-order valence-corrected chi connectivity index (χ1v) is 7.40. The van der Waals surface area contributed by atoms with Crippen LogP contribution in [0.2, 0.25) is 0 Å². The summed E-state index contributed by atoms with van der Waals surface area (Å²) in [7, 11) is 0. The van der Waals surface area contributed by atoms with Crippen molar-refractivity contribution in [2.75, 3.05) is 6.54 Å². The van der Waals surface area contributed by atoms with Crippen molar-refractivity contribution in [3.05, 3.63) is 35.4 Å². The largest absolute Gasteiger partial charge is 0.305 e. The second kappa shape index (κ2) is 5.87. The van der Waals surface area contributed by atoms with Gasteiger partial charge in [-0.25, -0.2) is 0 Å². The Kier molecular flexibility index (Phi) is 4.41. The molecule has 0 saturated carbocycles. The number of carbonyl (C=O) groups excluding carboxylic acids is 1. The summed E-state index contributed by atoms with van der Waals surface area (Å²) >= 11 is 0. The highest BCUT2D eigenvalue weighted by atomic mass is 16.1. The number of carbonyl (C=O) groups is 1. The topological polar surface area (TPSA) is 29.1 Å². The maximum Gasteiger partial charge on any atom is 0.182 e. The molecule has 1 saturated heterocycles. The lowest BCUT2D eigenvalue weighted by molar-refractivity contribution is 0.0834. The second-order valence-electron chi connectivity index (χ2n) is 6.34. The molecular weight excluding hydrogens is 234 g/mol. The number of Topliss-reactive ketones (excluding diaryl/α,β-unsaturated/α-hetero) is 1. The predicted octanol–water partition coefficient (Wildman–Crippen LogP) is 3.60. The summed E-state index contributed by atoms with van der Waals surface area (Å²) in [6, 6.07) is 8.15. The van der Waals surface area contributed by atoms with Gasteiger partial charge in [-0.3, -0.25) is 4.79 Å². The summed E-state index contributed by atoms with van der Waals surface area (Å²) in [5.74, 6) is 0.867. The van der Waals surface area contributed by atoms with Gasteiger partial charge in [0.1, 0.15) is 0 Å². The SMILES string of the molecule is CC(C)Cc1cccc(C(=O)C2(C)CCCCN2)c1. The van der Waals surface area contributed by atoms with Crippen molar-refractivity contribution in [3.63, 3.8) is 0 Å². The van der Waals surface area contributed by atoms with Gasteiger partial charge < -0.3 is 5.32 Å². The third kappa shape index (κ3) is 3.44. The van der Waals surface area contributed by atoms with Crippen LogP contribution in [-0.2, 0) is 6.42 Å². The summed E-state index contributed by atoms with van der Waals surface area (Å²) in [6.45, 7) is 7.41. The lowest BCUT2D eigenvalue weighted by Crippen LogP contribution is -2.52. The highest BCUT2D eigenvalue weighted by molar-refractivity contribution is 6.03. The van der Waals surface area contributed by atoms with Gasteiger partial charge in [0, 0.05) is 5.56 Å². The fourth-order valence-electron chi connectivity index (χ4n) is 2.88. The summed E-state index contributed by atoms with van der Waals surface area (Å²) in [5.41, 5.74) is 1.75. The van der Waals surface area contributed by atoms with Gasteiger partial charge in [0.25, 0.3) is 0 Å². The highest BCUT2D eigenvalue weighted by Crippen LogP contribution is 2.24. The normalized spacial score (nSPS) is 23.6. The molecule has 0 bridgehead atoms. The third-order valence-electron chi connectivity index (χ3n) is 3.95. The second-order valence-corrected chi connectivity index (χ2v) is 6.34. The maximum atomic E-state index is 12.7. The minimum Gasteiger partial charge on any atom is -0.305 e. The Hall–Kier alpha value is -1.15. The Bertz CT molecular complexity index is 444. The van der Waals surface area contributed by atoms with Crippen LogP contribution in [0, 0.1) is 5.92 Å². The van der Waals surface area contributed by atoms with Crippen LogP contribution < -0.4 is 5.32 Å². The first-order chi connectivity index (χ1) is 9.01. The number of hydrogen-bond donors (Lipinski definition) is 1. The third-order valence-corrected chi connectivity index (χ3v) is 3.95. The first-order valence-electron chi connectivity index (χ1n) is 7.40. The molecule has 1 N–H and O–H groups in total. The maximum absolute atomic E-state index is 12.7. The number of nitrogens with one attached hydrogen (secondary N) is 1. The molecule has 0 aromatic heterocycles. The van der Waals surface area contributed by atoms with E-state index >= 15 is 0 Å². The van der Waals surface area contributed by atoms with Crippen LogP contribution in [0.25, 0.3) is 0 Å². The molecule has 1 unspecified atom stereocenters. The average molecular weight is 259 g/mol. The number of ketones is 1. The van der Waals surface area contributed by atoms with E-state index in [-0.39, 0.29) is 11.3 Å². The van der Waals surface area contributed by atoms with Crippen LogP contribution >= 0.6 is 0 Å². The van der Waals surface area contributed by atoms with E-state index < -0.39 is 0 Å². The number of rotatable bonds is 4. The predicted molar refractivity (Wildman–Crippen MR) is 79.6 cm³/mol. The van der Waals surface area contributed by atoms with Gasteiger partial charge in [0.05, 0.1) is 5.54 Å². The highest BCUT2D eigenvalue weighted by Gasteiger charge is 2.34. The molecule has 2 rings (SSSR count). The van der Waals surface area contributed by atoms with Crippen molar-refractivity contribution in [3.8, 4) is 0 Å². The van der Waals surface area contributed by atoms with E-state index in [1.165, 1.54) is 12.0 Å². The fraction of sp³-hybridized carbons (Fsp3) is 0.588. The molecule has 2 nitrogen and oxygen atoms in total. The van der Waals surface area contributed by atoms with Crippen molar-refractivity contribution < 1.29 is 4.79 Å². The Morgan fingerprint density at radius 2 is 2.16 bits per heavy atom. The van der Waals surface area contributed by atoms with E-state index in [1.807, 2.05) is 19.1 Å². The summed E-state index contributed by atoms with van der Waals surface area (Å²) in [4.78, 5) is 12.7. The van der Waals surface area contributed by atoms with E-state index in [0.29, 0.717) is 5.92 Å². The summed E-state index contributed by atoms with van der Waals surface area (Å²) < 4.78 is 0. The monoisotopic (exact) mass is 259 g/mol. The molecule has 0 spiro atoms. The minimum atomic E-state index is -0.366. The lowest BCUT2D eigenvalue weighted by Gasteiger charge is -2.33. The zero-order valence-electron chi connectivity index (χ0n) is 12.3. The van der Waals surface area contributed by atoms with Gasteiger partial charge in [-0.15, -0.1) is 0 Å². The van der Waals surface area contributed by atoms with E-state index in [9.17, 15) is 4.79 Å². The van der Waals surface area contributed by atoms with E-state index in [0.717, 1.165) is 31.4 Å². The Labute approximate surface area is 116 Å². The molecule has 1 heterocycles. The Morgan fingerprint density at radius 1 is 1.37 bits per heavy atom. The van der Waals surface area contributed by atoms with E-state index in [4.69, 9.17) is 0 Å². The zero-order chi connectivity index (χ0) is 13.9. The van der Waals surface area contributed by atoms with Gasteiger partial charge in [0.2, 0.25) is 0 Å². The molecular formula is C17H25NO. The molecule has 1 aliphatic rings. The van der Waals surface area contributed by atoms with Crippen molar-refractivity contribution in [1.82, 2.24) is 5.32 Å². The van der Waals surface area contributed by atoms with Gasteiger partial charge in [-0.2, -0.15) is 0 Å². The fourth-order valence-corrected chi connectivity index (χ4v) is 2.88. The number of piperidine rings is 1. The number of benzene rings is 1. The van der Waals surface area contributed by atoms with Gasteiger partial charge in [-0.1, -0.05) is 32.0 Å². The van der Waals surface area contributed by atoms with E-state index in [2.05, 4.69) is 31.3 Å². The van der Waals surface area contributed by atoms with Crippen molar-refractivity contribution in [2.45, 2.75) is 52.0 Å². The molecule has 1 aromatic rings. The molecule has 1 atom stereocenters. The van der Waals surface area contributed by atoms with Gasteiger partial charge in [0.15, 0.2) is 5.78 Å². The van der Waals surface area contributed by atoms with E-state index in [1.54, 1.807) is 0 Å². The Morgan fingerprint density at radius 3 is 2.79 bits per heavy atom. The van der Waals surface area contributed by atoms with Crippen LogP contribution in [0.4, 0.5) is 0 Å². The van der Waals surface area contributed by atoms with Crippen LogP contribution in [0.15, 0.2) is 24.3 Å². The summed E-state index contributed by atoms with van der Waals surface area (Å²) in [5, 5.41) is 3.40. The molecule has 19 heavy (non-hydrogen) atoms. The van der Waals surface area contributed by atoms with Crippen LogP contribution in [0.5, 0.6) is 0 Å². The molecule has 1 aliphatic heterocycles. The quantitative estimate of drug-likeness (QED) is 0.837. The molecule has 2 heteroatoms. The zero-order valence-corrected chi connectivity index (χ0v) is 12.3. The summed E-state index contributed by atoms with van der Waals surface area (Å²) in [6.07, 6.45) is 4.29. The van der Waals surface area contributed by atoms with Crippen LogP contribution in [0.1, 0.15) is 56.0 Å². The molecule has 0 radical (unpaired) electrons. The number of hydrogen-bond acceptors (Lipinski definition) is 2. The molecule has 0 aliphatic carbocycles. The Balaban J connectivity index is 2.18. The standard InChI is InChI=1S/C17H25NO/c1-13(2)11-14-7-6-8-15(12-14)16(19)17(3)9-4-5-10-18-17/h6-8,12-13,18H,4-5,9-11H2,1-3H3. The lowest BCUT2D eigenvalue weighted by atomic mass is 9.83. The first kappa shape index (κ1) is 14.3. The molecule has 1 fully saturated rings. The molecule has 0 amide bonds. The minimum absolute atomic E-state index is 0.248.